The van der Waals surface area contributed by atoms with E-state index in [9.17, 15) is 39.6 Å². The topological polar surface area (TPSA) is 205 Å². The minimum absolute atomic E-state index is 0.0629. The Morgan fingerprint density at radius 3 is 0.983 bits per heavy atom. The summed E-state index contributed by atoms with van der Waals surface area (Å²) in [5, 5.41) is 42.5. The number of unbranched alkanes of at least 4 members (excludes halogenated alkanes) is 5. The van der Waals surface area contributed by atoms with Gasteiger partial charge in [-0.3, -0.25) is 0 Å². The maximum absolute atomic E-state index is 13.8. The number of carbonyl (C=O) groups is 4. The summed E-state index contributed by atoms with van der Waals surface area (Å²) in [5.41, 5.74) is 17.3. The van der Waals surface area contributed by atoms with Gasteiger partial charge in [-0.05, 0) is 305 Å². The zero-order valence-electron chi connectivity index (χ0n) is 75.2. The molecule has 2 aliphatic carbocycles. The van der Waals surface area contributed by atoms with Crippen LogP contribution in [-0.2, 0) is 76.7 Å². The number of esters is 4. The molecule has 14 heteroatoms. The van der Waals surface area contributed by atoms with Crippen LogP contribution in [0, 0.1) is 22.7 Å². The number of hydrogen-bond acceptors (Lipinski definition) is 14. The molecule has 660 valence electrons. The molecule has 0 aromatic heterocycles. The van der Waals surface area contributed by atoms with Gasteiger partial charge in [-0.25, -0.2) is 19.2 Å². The van der Waals surface area contributed by atoms with E-state index in [0.29, 0.717) is 112 Å². The minimum atomic E-state index is -0.724. The van der Waals surface area contributed by atoms with Gasteiger partial charge >= 0.3 is 23.9 Å². The number of ether oxygens (including phenoxy) is 6. The van der Waals surface area contributed by atoms with Crippen LogP contribution in [0.1, 0.15) is 298 Å². The van der Waals surface area contributed by atoms with Crippen LogP contribution in [0.4, 0.5) is 0 Å². The van der Waals surface area contributed by atoms with Crippen molar-refractivity contribution in [2.24, 2.45) is 22.7 Å². The van der Waals surface area contributed by atoms with Crippen molar-refractivity contribution in [3.05, 3.63) is 202 Å². The Morgan fingerprint density at radius 1 is 0.347 bits per heavy atom. The Hall–Kier alpha value is -8.40. The Morgan fingerprint density at radius 2 is 0.669 bits per heavy atom. The molecular weight excluding hydrogens is 1510 g/mol. The number of hydrogen-bond donors (Lipinski definition) is 4. The van der Waals surface area contributed by atoms with Gasteiger partial charge in [0.25, 0.3) is 0 Å². The lowest BCUT2D eigenvalue weighted by atomic mass is 9.77. The molecule has 0 amide bonds. The van der Waals surface area contributed by atoms with Crippen LogP contribution in [-0.4, -0.2) is 110 Å². The van der Waals surface area contributed by atoms with Crippen LogP contribution in [0.5, 0.6) is 11.5 Å². The number of carbonyl (C=O) groups excluding carboxylic acids is 4. The third kappa shape index (κ3) is 29.9. The summed E-state index contributed by atoms with van der Waals surface area (Å²) in [6.45, 7) is 32.2. The highest BCUT2D eigenvalue weighted by atomic mass is 16.5. The van der Waals surface area contributed by atoms with E-state index in [2.05, 4.69) is 170 Å². The van der Waals surface area contributed by atoms with Crippen molar-refractivity contribution in [1.29, 1.82) is 0 Å². The molecule has 0 bridgehead atoms. The maximum Gasteiger partial charge on any atom is 0.333 e. The molecule has 4 N–H and O–H groups in total. The maximum atomic E-state index is 13.8. The van der Waals surface area contributed by atoms with Gasteiger partial charge in [0.15, 0.2) is 0 Å². The van der Waals surface area contributed by atoms with E-state index in [-0.39, 0.29) is 90.1 Å². The Labute approximate surface area is 726 Å². The molecule has 121 heavy (non-hydrogen) atoms. The molecule has 0 heterocycles. The van der Waals surface area contributed by atoms with Crippen molar-refractivity contribution in [2.45, 2.75) is 292 Å². The highest BCUT2D eigenvalue weighted by Crippen LogP contribution is 2.44. The van der Waals surface area contributed by atoms with E-state index in [4.69, 9.17) is 28.4 Å². The predicted molar refractivity (Wildman–Crippen MR) is 493 cm³/mol. The molecule has 0 radical (unpaired) electrons. The fourth-order valence-electron chi connectivity index (χ4n) is 17.9. The predicted octanol–water partition coefficient (Wildman–Crippen LogP) is 24.3. The van der Waals surface area contributed by atoms with Crippen LogP contribution in [0.15, 0.2) is 158 Å². The average Bonchev–Trinajstić information content (AvgIpc) is 0.791. The van der Waals surface area contributed by atoms with Gasteiger partial charge in [-0.15, -0.1) is 0 Å². The summed E-state index contributed by atoms with van der Waals surface area (Å²) in [6, 6.07) is 40.6. The van der Waals surface area contributed by atoms with Crippen molar-refractivity contribution < 1.29 is 68.0 Å². The number of rotatable bonds is 56. The second kappa shape index (κ2) is 51.6. The molecule has 6 aromatic rings. The summed E-state index contributed by atoms with van der Waals surface area (Å²) < 4.78 is 36.8. The molecule has 0 spiro atoms. The zero-order valence-corrected chi connectivity index (χ0v) is 75.2. The first-order valence-corrected chi connectivity index (χ1v) is 46.4. The molecule has 14 nitrogen and oxygen atoms in total. The van der Waals surface area contributed by atoms with Crippen molar-refractivity contribution in [1.82, 2.24) is 0 Å². The lowest BCUT2D eigenvalue weighted by Crippen LogP contribution is -2.32. The molecule has 6 aromatic carbocycles. The number of aliphatic hydroxyl groups is 4. The van der Waals surface area contributed by atoms with Gasteiger partial charge in [0.1, 0.15) is 11.5 Å². The van der Waals surface area contributed by atoms with Crippen molar-refractivity contribution in [2.75, 3.05) is 66.1 Å². The first kappa shape index (κ1) is 98.0. The molecule has 0 aliphatic heterocycles. The van der Waals surface area contributed by atoms with E-state index in [0.717, 1.165) is 99.6 Å². The highest BCUT2D eigenvalue weighted by Gasteiger charge is 2.32. The lowest BCUT2D eigenvalue weighted by molar-refractivity contribution is -0.140. The SMILES string of the molecule is C=C(C)C(=O)OCCCc1cc(-c2ccc(-c3ccc(C4CCC(CCCCC)CC4)cc3)cc2CC)cc(CCCOC(=O)C(=C)CCC(=C)C(=O)OCCCc2cc(-c3ccc(-c4ccc(C5CCC(CCCCC)CC5)cc4)cc3CC)cc(CCCOC(=O)C(=C)C)c2OCCC(CO)(CO)CCCC)c1OCCC(CO)(CO)CCC. The van der Waals surface area contributed by atoms with E-state index in [1.165, 1.54) is 136 Å². The van der Waals surface area contributed by atoms with Gasteiger partial charge in [0.05, 0.1) is 66.1 Å². The van der Waals surface area contributed by atoms with Crippen LogP contribution in [0.3, 0.4) is 0 Å². The van der Waals surface area contributed by atoms with Crippen LogP contribution < -0.4 is 9.47 Å². The van der Waals surface area contributed by atoms with Gasteiger partial charge in [-0.1, -0.05) is 223 Å². The second-order valence-corrected chi connectivity index (χ2v) is 35.3. The second-order valence-electron chi connectivity index (χ2n) is 35.3. The van der Waals surface area contributed by atoms with E-state index in [1.54, 1.807) is 13.8 Å². The first-order valence-electron chi connectivity index (χ1n) is 46.4. The Balaban J connectivity index is 0.955. The lowest BCUT2D eigenvalue weighted by Gasteiger charge is -2.30. The quantitative estimate of drug-likeness (QED) is 0.0121. The first-order chi connectivity index (χ1) is 58.6. The third-order valence-corrected chi connectivity index (χ3v) is 25.9. The molecule has 0 atom stereocenters. The minimum Gasteiger partial charge on any atom is -0.493 e. The number of aryl methyl sites for hydroxylation is 6. The van der Waals surface area contributed by atoms with Gasteiger partial charge in [0.2, 0.25) is 0 Å². The molecule has 2 saturated carbocycles. The largest absolute Gasteiger partial charge is 0.493 e. The normalized spacial score (nSPS) is 15.5. The summed E-state index contributed by atoms with van der Waals surface area (Å²) in [4.78, 5) is 52.8. The number of aliphatic hydroxyl groups excluding tert-OH is 4. The van der Waals surface area contributed by atoms with Crippen LogP contribution >= 0.6 is 0 Å². The number of benzene rings is 6. The Bertz CT molecular complexity index is 4250. The molecule has 2 fully saturated rings. The highest BCUT2D eigenvalue weighted by molar-refractivity contribution is 5.90. The summed E-state index contributed by atoms with van der Waals surface area (Å²) in [5.74, 6) is 2.21. The van der Waals surface area contributed by atoms with Crippen molar-refractivity contribution in [3.63, 3.8) is 0 Å². The third-order valence-electron chi connectivity index (χ3n) is 25.9. The molecule has 2 aliphatic rings. The fourth-order valence-corrected chi connectivity index (χ4v) is 17.9. The molecular formula is C107H148O14. The average molecular weight is 1660 g/mol. The van der Waals surface area contributed by atoms with Crippen molar-refractivity contribution >= 4 is 23.9 Å². The zero-order chi connectivity index (χ0) is 87.1. The van der Waals surface area contributed by atoms with E-state index >= 15 is 0 Å². The Kier molecular flexibility index (Phi) is 41.8. The van der Waals surface area contributed by atoms with Gasteiger partial charge < -0.3 is 48.8 Å². The van der Waals surface area contributed by atoms with Crippen LogP contribution in [0.25, 0.3) is 44.5 Å². The summed E-state index contributed by atoms with van der Waals surface area (Å²) >= 11 is 0. The molecule has 0 unspecified atom stereocenters. The fraction of sp³-hybridized carbons (Fsp3) is 0.551. The van der Waals surface area contributed by atoms with Crippen LogP contribution in [0.2, 0.25) is 0 Å². The standard InChI is InChI=1S/C107H148O14/c1-13-19-22-28-80-36-40-84(41-37-80)86-44-48-88(49-45-86)90-52-54-98(82(17-5)66-90)96-68-92(30-24-60-118-102(112)76(7)8)100(116-64-58-106(72-108,73-109)56-16-4)94(70-96)32-26-62-120-104(114)78(11)34-35-79(12)105(115)121-63-27-33-95-71-97(69-93(31-25-61-119-103(113)77(9)10)101(95)117-65-59-107(74-110,75-111)57-21-15-3)99-55-53-91(67-83(99)18-6)89-50-46-87(47-51-89)85-42-38-81(39-43-85)29-23-20-14-2/h44-55,66-71,80-81,84-85,108-111H,7,9,11-43,56-65,72-75H2,1-6,8,10H3. The van der Waals surface area contributed by atoms with Gasteiger partial charge in [-0.2, -0.15) is 0 Å². The summed E-state index contributed by atoms with van der Waals surface area (Å²) in [6.07, 6.45) is 31.2. The molecule has 8 rings (SSSR count). The van der Waals surface area contributed by atoms with Gasteiger partial charge in [0, 0.05) is 33.1 Å². The monoisotopic (exact) mass is 1660 g/mol. The van der Waals surface area contributed by atoms with E-state index < -0.39 is 34.7 Å². The van der Waals surface area contributed by atoms with E-state index in [1.807, 2.05) is 6.92 Å². The van der Waals surface area contributed by atoms with Crippen molar-refractivity contribution in [3.8, 4) is 56.0 Å². The molecule has 0 saturated heterocycles. The summed E-state index contributed by atoms with van der Waals surface area (Å²) in [7, 11) is 0. The smallest absolute Gasteiger partial charge is 0.333 e.